The number of nitrogens with one attached hydrogen (secondary N) is 2. The monoisotopic (exact) mass is 245 g/mol. The van der Waals surface area contributed by atoms with E-state index in [1.54, 1.807) is 4.90 Å². The zero-order valence-electron chi connectivity index (χ0n) is 10.4. The third-order valence-corrected chi connectivity index (χ3v) is 2.70. The van der Waals surface area contributed by atoms with Crippen molar-refractivity contribution >= 4 is 11.6 Å². The van der Waals surface area contributed by atoms with Crippen molar-refractivity contribution in [3.05, 3.63) is 51.9 Å². The van der Waals surface area contributed by atoms with Crippen molar-refractivity contribution < 1.29 is 4.79 Å². The van der Waals surface area contributed by atoms with Gasteiger partial charge in [-0.1, -0.05) is 12.1 Å². The lowest BCUT2D eigenvalue weighted by Crippen LogP contribution is -2.31. The summed E-state index contributed by atoms with van der Waals surface area (Å²) in [4.78, 5) is 24.9. The van der Waals surface area contributed by atoms with Gasteiger partial charge in [-0.15, -0.1) is 0 Å². The van der Waals surface area contributed by atoms with Gasteiger partial charge in [0.25, 0.3) is 11.5 Å². The molecule has 0 radical (unpaired) electrons. The number of carbonyl (C=O) groups is 1. The summed E-state index contributed by atoms with van der Waals surface area (Å²) in [6.07, 6.45) is 0. The summed E-state index contributed by atoms with van der Waals surface area (Å²) in [5, 5.41) is 4.94. The van der Waals surface area contributed by atoms with E-state index in [0.717, 1.165) is 11.3 Å². The first-order valence-electron chi connectivity index (χ1n) is 5.78. The molecule has 5 heteroatoms. The van der Waals surface area contributed by atoms with E-state index in [4.69, 9.17) is 0 Å². The van der Waals surface area contributed by atoms with Crippen LogP contribution in [0, 0.1) is 6.92 Å². The van der Waals surface area contributed by atoms with Gasteiger partial charge in [-0.2, -0.15) is 0 Å². The Morgan fingerprint density at radius 3 is 2.61 bits per heavy atom. The smallest absolute Gasteiger partial charge is 0.276 e. The minimum Gasteiger partial charge on any atom is -0.307 e. The van der Waals surface area contributed by atoms with Crippen molar-refractivity contribution in [3.8, 4) is 0 Å². The average molecular weight is 245 g/mol. The van der Waals surface area contributed by atoms with E-state index in [2.05, 4.69) is 10.2 Å². The van der Waals surface area contributed by atoms with Crippen LogP contribution >= 0.6 is 0 Å². The molecule has 0 fully saturated rings. The van der Waals surface area contributed by atoms with Gasteiger partial charge in [0.1, 0.15) is 5.69 Å². The normalized spacial score (nSPS) is 10.3. The molecule has 0 saturated heterocycles. The summed E-state index contributed by atoms with van der Waals surface area (Å²) in [6.45, 7) is 4.40. The second-order valence-corrected chi connectivity index (χ2v) is 4.06. The Morgan fingerprint density at radius 1 is 1.28 bits per heavy atom. The number of anilines is 1. The van der Waals surface area contributed by atoms with Crippen LogP contribution in [0.5, 0.6) is 0 Å². The van der Waals surface area contributed by atoms with Crippen LogP contribution in [0.25, 0.3) is 0 Å². The second-order valence-electron chi connectivity index (χ2n) is 4.06. The molecule has 1 heterocycles. The van der Waals surface area contributed by atoms with Crippen LogP contribution < -0.4 is 10.5 Å². The van der Waals surface area contributed by atoms with Crippen molar-refractivity contribution in [2.45, 2.75) is 13.8 Å². The minimum absolute atomic E-state index is 0.221. The molecule has 0 aliphatic carbocycles. The summed E-state index contributed by atoms with van der Waals surface area (Å²) in [6, 6.07) is 8.95. The summed E-state index contributed by atoms with van der Waals surface area (Å²) < 4.78 is 0. The van der Waals surface area contributed by atoms with Crippen LogP contribution in [0.15, 0.2) is 35.1 Å². The highest BCUT2D eigenvalue weighted by atomic mass is 16.2. The maximum absolute atomic E-state index is 12.2. The van der Waals surface area contributed by atoms with Gasteiger partial charge in [-0.05, 0) is 31.5 Å². The topological polar surface area (TPSA) is 69.0 Å². The van der Waals surface area contributed by atoms with Crippen molar-refractivity contribution in [1.82, 2.24) is 10.2 Å². The van der Waals surface area contributed by atoms with Crippen molar-refractivity contribution in [3.63, 3.8) is 0 Å². The van der Waals surface area contributed by atoms with E-state index in [-0.39, 0.29) is 17.2 Å². The Labute approximate surface area is 104 Å². The number of hydrogen-bond donors (Lipinski definition) is 2. The van der Waals surface area contributed by atoms with Crippen molar-refractivity contribution in [2.24, 2.45) is 0 Å². The van der Waals surface area contributed by atoms with Crippen LogP contribution in [0.4, 0.5) is 5.69 Å². The fourth-order valence-corrected chi connectivity index (χ4v) is 1.83. The highest BCUT2D eigenvalue weighted by Crippen LogP contribution is 2.17. The van der Waals surface area contributed by atoms with E-state index < -0.39 is 0 Å². The highest BCUT2D eigenvalue weighted by molar-refractivity contribution is 6.04. The van der Waals surface area contributed by atoms with Crippen LogP contribution in [0.3, 0.4) is 0 Å². The van der Waals surface area contributed by atoms with Crippen molar-refractivity contribution in [1.29, 1.82) is 0 Å². The number of amides is 1. The lowest BCUT2D eigenvalue weighted by Gasteiger charge is -2.20. The molecule has 0 saturated carbocycles. The lowest BCUT2D eigenvalue weighted by molar-refractivity contribution is 0.0983. The summed E-state index contributed by atoms with van der Waals surface area (Å²) >= 11 is 0. The third-order valence-electron chi connectivity index (χ3n) is 2.70. The van der Waals surface area contributed by atoms with Gasteiger partial charge in [0, 0.05) is 18.3 Å². The van der Waals surface area contributed by atoms with E-state index in [9.17, 15) is 9.59 Å². The predicted octanol–water partition coefficient (Wildman–Crippen LogP) is 1.68. The van der Waals surface area contributed by atoms with Crippen molar-refractivity contribution in [2.75, 3.05) is 11.4 Å². The first kappa shape index (κ1) is 12.2. The molecule has 0 bridgehead atoms. The van der Waals surface area contributed by atoms with Crippen LogP contribution in [0.2, 0.25) is 0 Å². The molecule has 0 aliphatic rings. The number of aryl methyl sites for hydroxylation is 1. The first-order valence-corrected chi connectivity index (χ1v) is 5.78. The van der Waals surface area contributed by atoms with Crippen LogP contribution in [-0.4, -0.2) is 22.6 Å². The zero-order chi connectivity index (χ0) is 13.1. The molecule has 94 valence electrons. The molecule has 18 heavy (non-hydrogen) atoms. The Bertz CT molecular complexity index is 612. The molecule has 5 nitrogen and oxygen atoms in total. The molecule has 1 amide bonds. The molecule has 2 aromatic rings. The molecular formula is C13H15N3O2. The Kier molecular flexibility index (Phi) is 3.32. The van der Waals surface area contributed by atoms with Gasteiger partial charge in [0.05, 0.1) is 0 Å². The summed E-state index contributed by atoms with van der Waals surface area (Å²) in [5.74, 6) is -0.221. The molecule has 0 atom stereocenters. The maximum Gasteiger partial charge on any atom is 0.276 e. The Morgan fingerprint density at radius 2 is 2.06 bits per heavy atom. The Balaban J connectivity index is 2.34. The zero-order valence-corrected chi connectivity index (χ0v) is 10.4. The summed E-state index contributed by atoms with van der Waals surface area (Å²) in [5.41, 5.74) is 1.87. The Hall–Kier alpha value is -2.30. The maximum atomic E-state index is 12.2. The van der Waals surface area contributed by atoms with E-state index in [0.29, 0.717) is 6.54 Å². The number of aromatic amines is 2. The molecule has 0 unspecified atom stereocenters. The average Bonchev–Trinajstić information content (AvgIpc) is 2.77. The number of rotatable bonds is 3. The standard InChI is InChI=1S/C13H15N3O2/c1-3-16(10-6-4-5-9(2)7-10)13(18)11-8-12(17)15-14-11/h4-8H,3H2,1-2H3,(H2,14,15,17). The lowest BCUT2D eigenvalue weighted by atomic mass is 10.2. The molecule has 1 aromatic carbocycles. The van der Waals surface area contributed by atoms with Gasteiger partial charge in [0.2, 0.25) is 0 Å². The van der Waals surface area contributed by atoms with Gasteiger partial charge in [0.15, 0.2) is 0 Å². The SMILES string of the molecule is CCN(C(=O)c1cc(=O)[nH][nH]1)c1cccc(C)c1. The van der Waals surface area contributed by atoms with E-state index >= 15 is 0 Å². The molecule has 2 N–H and O–H groups in total. The number of aromatic nitrogens is 2. The fraction of sp³-hybridized carbons (Fsp3) is 0.231. The predicted molar refractivity (Wildman–Crippen MR) is 69.9 cm³/mol. The molecule has 1 aromatic heterocycles. The van der Waals surface area contributed by atoms with E-state index in [1.165, 1.54) is 6.07 Å². The number of benzene rings is 1. The molecule has 0 aliphatic heterocycles. The van der Waals surface area contributed by atoms with Crippen LogP contribution in [-0.2, 0) is 0 Å². The molecule has 0 spiro atoms. The number of nitrogens with zero attached hydrogens (tertiary/aromatic N) is 1. The highest BCUT2D eigenvalue weighted by Gasteiger charge is 2.17. The third kappa shape index (κ3) is 2.34. The summed E-state index contributed by atoms with van der Waals surface area (Å²) in [7, 11) is 0. The van der Waals surface area contributed by atoms with Gasteiger partial charge >= 0.3 is 0 Å². The molecule has 2 rings (SSSR count). The largest absolute Gasteiger partial charge is 0.307 e. The van der Waals surface area contributed by atoms with Gasteiger partial charge in [-0.25, -0.2) is 0 Å². The quantitative estimate of drug-likeness (QED) is 0.863. The number of H-pyrrole nitrogens is 2. The minimum atomic E-state index is -0.307. The first-order chi connectivity index (χ1) is 8.61. The van der Waals surface area contributed by atoms with Gasteiger partial charge < -0.3 is 4.90 Å². The number of carbonyl (C=O) groups excluding carboxylic acids is 1. The van der Waals surface area contributed by atoms with Gasteiger partial charge in [-0.3, -0.25) is 19.8 Å². The molecular weight excluding hydrogens is 230 g/mol. The van der Waals surface area contributed by atoms with Crippen LogP contribution in [0.1, 0.15) is 23.0 Å². The van der Waals surface area contributed by atoms with E-state index in [1.807, 2.05) is 38.1 Å². The number of hydrogen-bond acceptors (Lipinski definition) is 2. The fourth-order valence-electron chi connectivity index (χ4n) is 1.83. The second kappa shape index (κ2) is 4.91.